The van der Waals surface area contributed by atoms with Gasteiger partial charge in [0.05, 0.1) is 15.6 Å². The van der Waals surface area contributed by atoms with Gasteiger partial charge < -0.3 is 5.32 Å². The van der Waals surface area contributed by atoms with Crippen LogP contribution in [-0.2, 0) is 14.8 Å². The van der Waals surface area contributed by atoms with Crippen LogP contribution in [-0.4, -0.2) is 42.4 Å². The summed E-state index contributed by atoms with van der Waals surface area (Å²) in [5.74, 6) is 0.225. The summed E-state index contributed by atoms with van der Waals surface area (Å²) < 4.78 is 27.1. The lowest BCUT2D eigenvalue weighted by Crippen LogP contribution is -2.39. The zero-order valence-electron chi connectivity index (χ0n) is 16.5. The number of nitro benzene ring substituents is 1. The van der Waals surface area contributed by atoms with Gasteiger partial charge in [0.25, 0.3) is 5.69 Å². The number of hydrogen-bond acceptors (Lipinski definition) is 6. The third kappa shape index (κ3) is 5.59. The molecule has 8 nitrogen and oxygen atoms in total. The lowest BCUT2D eigenvalue weighted by Gasteiger charge is -2.30. The molecule has 1 unspecified atom stereocenters. The van der Waals surface area contributed by atoms with Crippen molar-refractivity contribution in [3.05, 3.63) is 58.6 Å². The van der Waals surface area contributed by atoms with Crippen molar-refractivity contribution in [2.24, 2.45) is 5.92 Å². The van der Waals surface area contributed by atoms with Gasteiger partial charge in [0, 0.05) is 35.8 Å². The third-order valence-corrected chi connectivity index (χ3v) is 7.70. The predicted molar refractivity (Wildman–Crippen MR) is 116 cm³/mol. The Labute approximate surface area is 179 Å². The predicted octanol–water partition coefficient (Wildman–Crippen LogP) is 3.75. The van der Waals surface area contributed by atoms with Gasteiger partial charge in [-0.3, -0.25) is 14.9 Å². The molecule has 1 atom stereocenters. The Morgan fingerprint density at radius 2 is 1.87 bits per heavy atom. The fourth-order valence-electron chi connectivity index (χ4n) is 3.23. The zero-order chi connectivity index (χ0) is 21.7. The van der Waals surface area contributed by atoms with Crippen LogP contribution in [0.5, 0.6) is 0 Å². The molecule has 0 bridgehead atoms. The largest absolute Gasteiger partial charge is 0.325 e. The van der Waals surface area contributed by atoms with Gasteiger partial charge in [0.2, 0.25) is 15.9 Å². The topological polar surface area (TPSA) is 110 Å². The number of carbonyl (C=O) groups is 1. The molecule has 160 valence electrons. The Morgan fingerprint density at radius 3 is 2.47 bits per heavy atom. The molecule has 10 heteroatoms. The number of non-ortho nitro benzene ring substituents is 1. The van der Waals surface area contributed by atoms with E-state index in [1.165, 1.54) is 40.3 Å². The molecule has 1 aliphatic heterocycles. The van der Waals surface area contributed by atoms with Crippen molar-refractivity contribution in [2.45, 2.75) is 29.6 Å². The van der Waals surface area contributed by atoms with Gasteiger partial charge in [-0.25, -0.2) is 8.42 Å². The maximum atomic E-state index is 12.8. The lowest BCUT2D eigenvalue weighted by molar-refractivity contribution is -0.384. The highest BCUT2D eigenvalue weighted by Gasteiger charge is 2.28. The minimum Gasteiger partial charge on any atom is -0.325 e. The number of sulfonamides is 1. The van der Waals surface area contributed by atoms with Crippen molar-refractivity contribution in [2.75, 3.05) is 24.2 Å². The van der Waals surface area contributed by atoms with Crippen LogP contribution in [0.2, 0.25) is 0 Å². The van der Waals surface area contributed by atoms with Crippen molar-refractivity contribution in [3.8, 4) is 0 Å². The van der Waals surface area contributed by atoms with E-state index in [-0.39, 0.29) is 22.2 Å². The molecule has 0 aromatic heterocycles. The number of nitrogens with one attached hydrogen (secondary N) is 1. The minimum absolute atomic E-state index is 0.00199. The zero-order valence-corrected chi connectivity index (χ0v) is 18.1. The van der Waals surface area contributed by atoms with Crippen molar-refractivity contribution >= 4 is 39.1 Å². The first-order chi connectivity index (χ1) is 14.3. The van der Waals surface area contributed by atoms with Crippen LogP contribution in [0.25, 0.3) is 0 Å². The molecule has 2 aromatic rings. The molecule has 0 aliphatic carbocycles. The molecular formula is C20H23N3O5S2. The summed E-state index contributed by atoms with van der Waals surface area (Å²) in [4.78, 5) is 23.3. The summed E-state index contributed by atoms with van der Waals surface area (Å²) in [6.45, 7) is 3.11. The van der Waals surface area contributed by atoms with E-state index in [0.29, 0.717) is 24.7 Å². The molecule has 30 heavy (non-hydrogen) atoms. The van der Waals surface area contributed by atoms with Crippen molar-refractivity contribution < 1.29 is 18.1 Å². The van der Waals surface area contributed by atoms with Gasteiger partial charge in [0.15, 0.2) is 0 Å². The second-order valence-corrected chi connectivity index (χ2v) is 10.2. The van der Waals surface area contributed by atoms with Gasteiger partial charge in [-0.1, -0.05) is 6.92 Å². The monoisotopic (exact) mass is 449 g/mol. The molecule has 0 spiro atoms. The summed E-state index contributed by atoms with van der Waals surface area (Å²) in [6.07, 6.45) is 1.90. The Kier molecular flexibility index (Phi) is 7.11. The van der Waals surface area contributed by atoms with E-state index >= 15 is 0 Å². The van der Waals surface area contributed by atoms with Gasteiger partial charge in [0.1, 0.15) is 0 Å². The Hall–Kier alpha value is -2.43. The average Bonchev–Trinajstić information content (AvgIpc) is 2.73. The number of nitro groups is 1. The van der Waals surface area contributed by atoms with E-state index in [2.05, 4.69) is 12.2 Å². The summed E-state index contributed by atoms with van der Waals surface area (Å²) in [5, 5.41) is 13.4. The number of piperidine rings is 1. The van der Waals surface area contributed by atoms with E-state index in [1.54, 1.807) is 24.3 Å². The van der Waals surface area contributed by atoms with Gasteiger partial charge in [-0.05, 0) is 55.2 Å². The first-order valence-electron chi connectivity index (χ1n) is 9.53. The van der Waals surface area contributed by atoms with Crippen molar-refractivity contribution in [3.63, 3.8) is 0 Å². The molecule has 3 rings (SSSR count). The van der Waals surface area contributed by atoms with E-state index in [4.69, 9.17) is 0 Å². The van der Waals surface area contributed by atoms with Crippen LogP contribution in [0.3, 0.4) is 0 Å². The number of benzene rings is 2. The van der Waals surface area contributed by atoms with E-state index in [1.807, 2.05) is 0 Å². The summed E-state index contributed by atoms with van der Waals surface area (Å²) in [5.41, 5.74) is 0.508. The lowest BCUT2D eigenvalue weighted by atomic mass is 10.0. The molecule has 1 aliphatic rings. The maximum absolute atomic E-state index is 12.8. The number of amides is 1. The molecule has 0 saturated carbocycles. The molecule has 1 amide bonds. The van der Waals surface area contributed by atoms with E-state index in [0.717, 1.165) is 17.7 Å². The molecule has 1 fully saturated rings. The molecule has 1 saturated heterocycles. The van der Waals surface area contributed by atoms with Crippen LogP contribution in [0.1, 0.15) is 19.8 Å². The van der Waals surface area contributed by atoms with Crippen LogP contribution in [0.4, 0.5) is 11.4 Å². The fraction of sp³-hybridized carbons (Fsp3) is 0.350. The fourth-order valence-corrected chi connectivity index (χ4v) is 5.53. The van der Waals surface area contributed by atoms with Crippen molar-refractivity contribution in [1.29, 1.82) is 0 Å². The first-order valence-corrected chi connectivity index (χ1v) is 12.0. The highest BCUT2D eigenvalue weighted by molar-refractivity contribution is 8.00. The van der Waals surface area contributed by atoms with Crippen LogP contribution in [0.15, 0.2) is 58.3 Å². The second kappa shape index (κ2) is 9.59. The number of carbonyl (C=O) groups excluding carboxylic acids is 1. The molecular weight excluding hydrogens is 426 g/mol. The second-order valence-electron chi connectivity index (χ2n) is 7.22. The number of anilines is 1. The number of hydrogen-bond donors (Lipinski definition) is 1. The Bertz CT molecular complexity index is 1010. The standard InChI is InChI=1S/C20H23N3O5S2/c1-15-3-2-12-22(13-15)30(27,28)19-10-4-16(5-11-19)21-20(24)14-29-18-8-6-17(7-9-18)23(25)26/h4-11,15H,2-3,12-14H2,1H3,(H,21,24). The van der Waals surface area contributed by atoms with Crippen LogP contribution >= 0.6 is 11.8 Å². The maximum Gasteiger partial charge on any atom is 0.269 e. The van der Waals surface area contributed by atoms with Crippen LogP contribution < -0.4 is 5.32 Å². The average molecular weight is 450 g/mol. The first kappa shape index (κ1) is 22.3. The normalized spacial score (nSPS) is 17.4. The van der Waals surface area contributed by atoms with Gasteiger partial charge in [-0.15, -0.1) is 11.8 Å². The summed E-state index contributed by atoms with van der Waals surface area (Å²) >= 11 is 1.26. The van der Waals surface area contributed by atoms with E-state index < -0.39 is 14.9 Å². The number of rotatable bonds is 7. The highest BCUT2D eigenvalue weighted by atomic mass is 32.2. The SMILES string of the molecule is CC1CCCN(S(=O)(=O)c2ccc(NC(=O)CSc3ccc([N+](=O)[O-])cc3)cc2)C1. The Morgan fingerprint density at radius 1 is 1.20 bits per heavy atom. The van der Waals surface area contributed by atoms with Gasteiger partial charge in [-0.2, -0.15) is 4.31 Å². The smallest absolute Gasteiger partial charge is 0.269 e. The molecule has 2 aromatic carbocycles. The number of nitrogens with zero attached hydrogens (tertiary/aromatic N) is 2. The van der Waals surface area contributed by atoms with Crippen LogP contribution in [0, 0.1) is 16.0 Å². The Balaban J connectivity index is 1.55. The molecule has 1 heterocycles. The van der Waals surface area contributed by atoms with E-state index in [9.17, 15) is 23.3 Å². The quantitative estimate of drug-likeness (QED) is 0.392. The van der Waals surface area contributed by atoms with Crippen molar-refractivity contribution in [1.82, 2.24) is 4.31 Å². The minimum atomic E-state index is -3.53. The van der Waals surface area contributed by atoms with Gasteiger partial charge >= 0.3 is 0 Å². The third-order valence-electron chi connectivity index (χ3n) is 4.81. The number of thioether (sulfide) groups is 1. The molecule has 0 radical (unpaired) electrons. The highest BCUT2D eigenvalue weighted by Crippen LogP contribution is 2.25. The summed E-state index contributed by atoms with van der Waals surface area (Å²) in [7, 11) is -3.53. The molecule has 1 N–H and O–H groups in total. The summed E-state index contributed by atoms with van der Waals surface area (Å²) in [6, 6.07) is 12.1.